The summed E-state index contributed by atoms with van der Waals surface area (Å²) in [5, 5.41) is 3.05. The highest BCUT2D eigenvalue weighted by Crippen LogP contribution is 2.22. The highest BCUT2D eigenvalue weighted by atomic mass is 32.1. The number of rotatable bonds is 4. The van der Waals surface area contributed by atoms with E-state index in [1.54, 1.807) is 6.92 Å². The number of aromatic nitrogens is 1. The van der Waals surface area contributed by atoms with Crippen molar-refractivity contribution in [2.24, 2.45) is 5.73 Å². The Hall–Kier alpha value is -1.27. The van der Waals surface area contributed by atoms with Crippen LogP contribution in [0.4, 0.5) is 5.13 Å². The first kappa shape index (κ1) is 11.8. The Kier molecular flexibility index (Phi) is 3.93. The zero-order valence-electron chi connectivity index (χ0n) is 8.66. The number of nitrogens with two attached hydrogens (primary N) is 1. The van der Waals surface area contributed by atoms with Gasteiger partial charge in [-0.1, -0.05) is 11.3 Å². The zero-order valence-corrected chi connectivity index (χ0v) is 9.48. The molecule has 0 aliphatic heterocycles. The molecular formula is C9H13N3O2S. The molecule has 0 saturated carbocycles. The number of carbonyl (C=O) groups excluding carboxylic acids is 2. The Balaban J connectivity index is 2.75. The van der Waals surface area contributed by atoms with E-state index in [1.807, 2.05) is 0 Å². The van der Waals surface area contributed by atoms with Crippen LogP contribution in [-0.2, 0) is 4.79 Å². The van der Waals surface area contributed by atoms with Crippen LogP contribution in [0.1, 0.15) is 28.7 Å². The van der Waals surface area contributed by atoms with E-state index in [9.17, 15) is 9.59 Å². The number of carbonyl (C=O) groups is 2. The molecular weight excluding hydrogens is 214 g/mol. The molecule has 0 spiro atoms. The molecule has 3 N–H and O–H groups in total. The van der Waals surface area contributed by atoms with Crippen molar-refractivity contribution in [1.29, 1.82) is 0 Å². The van der Waals surface area contributed by atoms with Crippen molar-refractivity contribution in [3.05, 3.63) is 10.6 Å². The fourth-order valence-electron chi connectivity index (χ4n) is 1.09. The molecule has 1 rings (SSSR count). The Morgan fingerprint density at radius 2 is 2.20 bits per heavy atom. The number of hydrogen-bond donors (Lipinski definition) is 2. The van der Waals surface area contributed by atoms with Crippen LogP contribution in [-0.4, -0.2) is 23.2 Å². The molecule has 6 heteroatoms. The molecule has 82 valence electrons. The summed E-state index contributed by atoms with van der Waals surface area (Å²) in [6.45, 7) is 3.52. The van der Waals surface area contributed by atoms with Crippen molar-refractivity contribution in [2.45, 2.75) is 20.3 Å². The standard InChI is InChI=1S/C9H13N3O2S/c1-5-8(6(2)13)15-9(11-5)12-7(14)3-4-10/h3-4,10H2,1-2H3,(H,11,12,14). The maximum atomic E-state index is 11.2. The second kappa shape index (κ2) is 4.99. The molecule has 1 heterocycles. The van der Waals surface area contributed by atoms with E-state index in [4.69, 9.17) is 5.73 Å². The van der Waals surface area contributed by atoms with Crippen molar-refractivity contribution in [3.8, 4) is 0 Å². The van der Waals surface area contributed by atoms with Gasteiger partial charge in [-0.05, 0) is 6.92 Å². The molecule has 1 amide bonds. The number of ketones is 1. The number of hydrogen-bond acceptors (Lipinski definition) is 5. The summed E-state index contributed by atoms with van der Waals surface area (Å²) in [6.07, 6.45) is 0.258. The monoisotopic (exact) mass is 227 g/mol. The van der Waals surface area contributed by atoms with Gasteiger partial charge in [-0.15, -0.1) is 0 Å². The Bertz CT molecular complexity index is 387. The normalized spacial score (nSPS) is 10.1. The SMILES string of the molecule is CC(=O)c1sc(NC(=O)CCN)nc1C. The van der Waals surface area contributed by atoms with Crippen LogP contribution in [0, 0.1) is 6.92 Å². The molecule has 0 bridgehead atoms. The predicted octanol–water partition coefficient (Wildman–Crippen LogP) is 0.941. The van der Waals surface area contributed by atoms with Crippen molar-refractivity contribution in [2.75, 3.05) is 11.9 Å². The number of amides is 1. The van der Waals surface area contributed by atoms with E-state index in [0.29, 0.717) is 22.2 Å². The molecule has 0 aliphatic carbocycles. The molecule has 0 saturated heterocycles. The Morgan fingerprint density at radius 1 is 1.53 bits per heavy atom. The molecule has 5 nitrogen and oxygen atoms in total. The van der Waals surface area contributed by atoms with Crippen LogP contribution < -0.4 is 11.1 Å². The third kappa shape index (κ3) is 3.10. The van der Waals surface area contributed by atoms with Crippen molar-refractivity contribution in [1.82, 2.24) is 4.98 Å². The van der Waals surface area contributed by atoms with Gasteiger partial charge >= 0.3 is 0 Å². The third-order valence-corrected chi connectivity index (χ3v) is 2.91. The number of nitrogens with one attached hydrogen (secondary N) is 1. The van der Waals surface area contributed by atoms with Crippen molar-refractivity contribution in [3.63, 3.8) is 0 Å². The first-order valence-corrected chi connectivity index (χ1v) is 5.34. The van der Waals surface area contributed by atoms with Crippen LogP contribution in [0.2, 0.25) is 0 Å². The highest BCUT2D eigenvalue weighted by Gasteiger charge is 2.12. The lowest BCUT2D eigenvalue weighted by molar-refractivity contribution is -0.116. The summed E-state index contributed by atoms with van der Waals surface area (Å²) in [4.78, 5) is 27.0. The first-order chi connectivity index (χ1) is 7.04. The summed E-state index contributed by atoms with van der Waals surface area (Å²) in [7, 11) is 0. The summed E-state index contributed by atoms with van der Waals surface area (Å²) >= 11 is 1.19. The number of aryl methyl sites for hydroxylation is 1. The number of Topliss-reactive ketones (excluding diaryl/α,β-unsaturated/α-hetero) is 1. The topological polar surface area (TPSA) is 85.1 Å². The fraction of sp³-hybridized carbons (Fsp3) is 0.444. The minimum Gasteiger partial charge on any atom is -0.330 e. The largest absolute Gasteiger partial charge is 0.330 e. The first-order valence-electron chi connectivity index (χ1n) is 4.53. The third-order valence-electron chi connectivity index (χ3n) is 1.73. The van der Waals surface area contributed by atoms with Gasteiger partial charge in [0.2, 0.25) is 5.91 Å². The van der Waals surface area contributed by atoms with Crippen LogP contribution in [0.15, 0.2) is 0 Å². The second-order valence-corrected chi connectivity index (χ2v) is 4.08. The van der Waals surface area contributed by atoms with Gasteiger partial charge in [-0.25, -0.2) is 4.98 Å². The van der Waals surface area contributed by atoms with Gasteiger partial charge in [-0.2, -0.15) is 0 Å². The predicted molar refractivity (Wildman–Crippen MR) is 59.2 cm³/mol. The van der Waals surface area contributed by atoms with Gasteiger partial charge < -0.3 is 11.1 Å². The van der Waals surface area contributed by atoms with Crippen LogP contribution >= 0.6 is 11.3 Å². The number of nitrogens with zero attached hydrogens (tertiary/aromatic N) is 1. The minimum atomic E-state index is -0.179. The van der Waals surface area contributed by atoms with Crippen molar-refractivity contribution < 1.29 is 9.59 Å². The Morgan fingerprint density at radius 3 is 2.67 bits per heavy atom. The van der Waals surface area contributed by atoms with Crippen molar-refractivity contribution >= 4 is 28.2 Å². The molecule has 1 aromatic heterocycles. The average molecular weight is 227 g/mol. The molecule has 0 aromatic carbocycles. The highest BCUT2D eigenvalue weighted by molar-refractivity contribution is 7.17. The van der Waals surface area contributed by atoms with Crippen LogP contribution in [0.5, 0.6) is 0 Å². The molecule has 0 fully saturated rings. The van der Waals surface area contributed by atoms with Crippen LogP contribution in [0.25, 0.3) is 0 Å². The lowest BCUT2D eigenvalue weighted by Crippen LogP contribution is -2.15. The van der Waals surface area contributed by atoms with E-state index >= 15 is 0 Å². The molecule has 0 radical (unpaired) electrons. The average Bonchev–Trinajstić information content (AvgIpc) is 2.47. The van der Waals surface area contributed by atoms with Gasteiger partial charge in [0.05, 0.1) is 10.6 Å². The number of thiazole rings is 1. The molecule has 0 atom stereocenters. The summed E-state index contributed by atoms with van der Waals surface area (Å²) in [6, 6.07) is 0. The van der Waals surface area contributed by atoms with Gasteiger partial charge in [0.25, 0.3) is 0 Å². The Labute approximate surface area is 91.7 Å². The summed E-state index contributed by atoms with van der Waals surface area (Å²) < 4.78 is 0. The van der Waals surface area contributed by atoms with Gasteiger partial charge in [0.1, 0.15) is 0 Å². The minimum absolute atomic E-state index is 0.0377. The van der Waals surface area contributed by atoms with E-state index in [0.717, 1.165) is 0 Å². The summed E-state index contributed by atoms with van der Waals surface area (Å²) in [5.74, 6) is -0.217. The van der Waals surface area contributed by atoms with E-state index in [-0.39, 0.29) is 18.1 Å². The summed E-state index contributed by atoms with van der Waals surface area (Å²) in [5.41, 5.74) is 5.88. The molecule has 0 aliphatic rings. The van der Waals surface area contributed by atoms with Gasteiger partial charge in [-0.3, -0.25) is 9.59 Å². The zero-order chi connectivity index (χ0) is 11.4. The fourth-order valence-corrected chi connectivity index (χ4v) is 1.97. The quantitative estimate of drug-likeness (QED) is 0.750. The molecule has 15 heavy (non-hydrogen) atoms. The van der Waals surface area contributed by atoms with E-state index in [2.05, 4.69) is 10.3 Å². The maximum Gasteiger partial charge on any atom is 0.227 e. The number of anilines is 1. The smallest absolute Gasteiger partial charge is 0.227 e. The van der Waals surface area contributed by atoms with E-state index in [1.165, 1.54) is 18.3 Å². The van der Waals surface area contributed by atoms with Gasteiger partial charge in [0.15, 0.2) is 10.9 Å². The maximum absolute atomic E-state index is 11.2. The molecule has 0 unspecified atom stereocenters. The second-order valence-electron chi connectivity index (χ2n) is 3.08. The lowest BCUT2D eigenvalue weighted by Gasteiger charge is -1.97. The molecule has 1 aromatic rings. The van der Waals surface area contributed by atoms with Gasteiger partial charge in [0, 0.05) is 19.9 Å². The van der Waals surface area contributed by atoms with E-state index < -0.39 is 0 Å². The van der Waals surface area contributed by atoms with Crippen LogP contribution in [0.3, 0.4) is 0 Å². The lowest BCUT2D eigenvalue weighted by atomic mass is 10.3.